The van der Waals surface area contributed by atoms with Crippen LogP contribution < -0.4 is 27.8 Å². The van der Waals surface area contributed by atoms with E-state index in [0.717, 1.165) is 0 Å². The third-order valence-electron chi connectivity index (χ3n) is 3.39. The third-order valence-corrected chi connectivity index (χ3v) is 3.39. The molecule has 13 nitrogen and oxygen atoms in total. The topological polar surface area (TPSA) is 243 Å². The molecule has 154 valence electrons. The van der Waals surface area contributed by atoms with Gasteiger partial charge in [0.2, 0.25) is 11.8 Å². The lowest BCUT2D eigenvalue weighted by Gasteiger charge is -2.23. The second kappa shape index (κ2) is 11.6. The lowest BCUT2D eigenvalue weighted by atomic mass is 10.1. The molecule has 2 amide bonds. The SMILES string of the molecule is C[C@@H](O)[C@H](N)C(=O)N[C@@H](CCCN=C(N)N)C(=O)N[C@@H](CC(=O)O)C(=O)O. The van der Waals surface area contributed by atoms with Crippen molar-refractivity contribution in [2.75, 3.05) is 6.54 Å². The number of aliphatic carboxylic acids is 2. The third kappa shape index (κ3) is 9.96. The first kappa shape index (κ1) is 24.1. The minimum atomic E-state index is -1.68. The fourth-order valence-corrected chi connectivity index (χ4v) is 1.91. The first-order chi connectivity index (χ1) is 12.5. The van der Waals surface area contributed by atoms with Crippen molar-refractivity contribution in [2.24, 2.45) is 22.2 Å². The Labute approximate surface area is 155 Å². The molecule has 0 fully saturated rings. The van der Waals surface area contributed by atoms with Crippen molar-refractivity contribution in [2.45, 2.75) is 50.4 Å². The van der Waals surface area contributed by atoms with Crippen LogP contribution in [-0.2, 0) is 19.2 Å². The van der Waals surface area contributed by atoms with E-state index in [1.54, 1.807) is 0 Å². The molecule has 13 heteroatoms. The molecule has 0 saturated carbocycles. The van der Waals surface area contributed by atoms with Crippen LogP contribution in [0.1, 0.15) is 26.2 Å². The monoisotopic (exact) mass is 390 g/mol. The van der Waals surface area contributed by atoms with Crippen molar-refractivity contribution in [1.29, 1.82) is 0 Å². The molecule has 0 aromatic carbocycles. The highest BCUT2D eigenvalue weighted by Gasteiger charge is 2.29. The number of hydrogen-bond acceptors (Lipinski definition) is 7. The number of rotatable bonds is 12. The van der Waals surface area contributed by atoms with Crippen LogP contribution in [0, 0.1) is 0 Å². The van der Waals surface area contributed by atoms with E-state index >= 15 is 0 Å². The highest BCUT2D eigenvalue weighted by Crippen LogP contribution is 2.03. The lowest BCUT2D eigenvalue weighted by molar-refractivity contribution is -0.147. The Bertz CT molecular complexity index is 576. The molecule has 0 aliphatic heterocycles. The van der Waals surface area contributed by atoms with Crippen molar-refractivity contribution in [1.82, 2.24) is 10.6 Å². The van der Waals surface area contributed by atoms with E-state index in [-0.39, 0.29) is 25.3 Å². The minimum absolute atomic E-state index is 0.0142. The molecule has 0 radical (unpaired) electrons. The molecule has 0 rings (SSSR count). The second-order valence-electron chi connectivity index (χ2n) is 5.77. The summed E-state index contributed by atoms with van der Waals surface area (Å²) >= 11 is 0. The molecule has 0 saturated heterocycles. The molecular weight excluding hydrogens is 364 g/mol. The van der Waals surface area contributed by atoms with Crippen LogP contribution >= 0.6 is 0 Å². The van der Waals surface area contributed by atoms with Gasteiger partial charge < -0.3 is 43.2 Å². The van der Waals surface area contributed by atoms with Crippen LogP contribution in [-0.4, -0.2) is 75.8 Å². The fourth-order valence-electron chi connectivity index (χ4n) is 1.91. The van der Waals surface area contributed by atoms with Gasteiger partial charge in [-0.1, -0.05) is 0 Å². The van der Waals surface area contributed by atoms with Gasteiger partial charge in [-0.25, -0.2) is 4.79 Å². The van der Waals surface area contributed by atoms with Gasteiger partial charge in [0.15, 0.2) is 5.96 Å². The van der Waals surface area contributed by atoms with E-state index in [1.165, 1.54) is 6.92 Å². The highest BCUT2D eigenvalue weighted by molar-refractivity contribution is 5.92. The number of carbonyl (C=O) groups excluding carboxylic acids is 2. The summed E-state index contributed by atoms with van der Waals surface area (Å²) < 4.78 is 0. The van der Waals surface area contributed by atoms with E-state index in [0.29, 0.717) is 0 Å². The molecule has 0 heterocycles. The summed E-state index contributed by atoms with van der Waals surface area (Å²) in [5.41, 5.74) is 15.9. The molecule has 0 spiro atoms. The van der Waals surface area contributed by atoms with Gasteiger partial charge in [0.25, 0.3) is 0 Å². The number of nitrogens with zero attached hydrogens (tertiary/aromatic N) is 1. The Morgan fingerprint density at radius 2 is 1.59 bits per heavy atom. The maximum atomic E-state index is 12.3. The average molecular weight is 390 g/mol. The molecule has 0 aliphatic rings. The summed E-state index contributed by atoms with van der Waals surface area (Å²) in [6, 6.07) is -4.23. The zero-order valence-electron chi connectivity index (χ0n) is 14.8. The van der Waals surface area contributed by atoms with Crippen LogP contribution in [0.4, 0.5) is 0 Å². The molecule has 4 atom stereocenters. The van der Waals surface area contributed by atoms with Gasteiger partial charge in [0, 0.05) is 6.54 Å². The molecule has 0 aliphatic carbocycles. The van der Waals surface area contributed by atoms with Gasteiger partial charge in [-0.05, 0) is 19.8 Å². The van der Waals surface area contributed by atoms with Crippen LogP contribution in [0.2, 0.25) is 0 Å². The predicted octanol–water partition coefficient (Wildman–Crippen LogP) is -3.72. The largest absolute Gasteiger partial charge is 0.481 e. The summed E-state index contributed by atoms with van der Waals surface area (Å²) in [6.45, 7) is 1.42. The molecule has 27 heavy (non-hydrogen) atoms. The Hall–Kier alpha value is -2.93. The van der Waals surface area contributed by atoms with E-state index in [2.05, 4.69) is 10.3 Å². The van der Waals surface area contributed by atoms with Crippen molar-refractivity contribution in [3.05, 3.63) is 0 Å². The Balaban J connectivity index is 5.14. The molecular formula is C14H26N6O7. The fraction of sp³-hybridized carbons (Fsp3) is 0.643. The summed E-state index contributed by atoms with van der Waals surface area (Å²) in [5.74, 6) is -4.88. The maximum absolute atomic E-state index is 12.3. The van der Waals surface area contributed by atoms with Gasteiger partial charge in [0.1, 0.15) is 18.1 Å². The van der Waals surface area contributed by atoms with E-state index in [1.807, 2.05) is 5.32 Å². The number of aliphatic imine (C=N–C) groups is 1. The molecule has 11 N–H and O–H groups in total. The number of nitrogens with two attached hydrogens (primary N) is 3. The summed E-state index contributed by atoms with van der Waals surface area (Å²) in [4.78, 5) is 49.8. The first-order valence-corrected chi connectivity index (χ1v) is 8.00. The number of amides is 2. The molecule has 0 unspecified atom stereocenters. The molecule has 0 aromatic heterocycles. The average Bonchev–Trinajstić information content (AvgIpc) is 2.54. The Morgan fingerprint density at radius 3 is 2.04 bits per heavy atom. The standard InChI is InChI=1S/C14H26N6O7/c1-6(21)10(15)12(25)19-7(3-2-4-18-14(16)17)11(24)20-8(13(26)27)5-9(22)23/h6-8,10,21H,2-5,15H2,1H3,(H,19,25)(H,20,24)(H,22,23)(H,26,27)(H4,16,17,18)/t6-,7+,8+,10+/m1/s1. The number of carbonyl (C=O) groups is 4. The summed E-state index contributed by atoms with van der Waals surface area (Å²) in [5, 5.41) is 31.4. The number of carboxylic acid groups (broad SMARTS) is 2. The van der Waals surface area contributed by atoms with Crippen molar-refractivity contribution >= 4 is 29.7 Å². The second-order valence-corrected chi connectivity index (χ2v) is 5.77. The zero-order valence-corrected chi connectivity index (χ0v) is 14.8. The molecule has 0 aromatic rings. The number of aliphatic hydroxyl groups is 1. The van der Waals surface area contributed by atoms with Crippen molar-refractivity contribution < 1.29 is 34.5 Å². The van der Waals surface area contributed by atoms with Crippen LogP contribution in [0.25, 0.3) is 0 Å². The van der Waals surface area contributed by atoms with Crippen LogP contribution in [0.15, 0.2) is 4.99 Å². The van der Waals surface area contributed by atoms with Crippen LogP contribution in [0.5, 0.6) is 0 Å². The number of carboxylic acids is 2. The quantitative estimate of drug-likeness (QED) is 0.0919. The first-order valence-electron chi connectivity index (χ1n) is 8.00. The summed E-state index contributed by atoms with van der Waals surface area (Å²) in [7, 11) is 0. The Morgan fingerprint density at radius 1 is 1.04 bits per heavy atom. The van der Waals surface area contributed by atoms with E-state index in [9.17, 15) is 24.3 Å². The number of guanidine groups is 1. The number of hydrogen-bond donors (Lipinski definition) is 8. The van der Waals surface area contributed by atoms with Crippen molar-refractivity contribution in [3.63, 3.8) is 0 Å². The normalized spacial score (nSPS) is 14.9. The minimum Gasteiger partial charge on any atom is -0.481 e. The highest BCUT2D eigenvalue weighted by atomic mass is 16.4. The zero-order chi connectivity index (χ0) is 21.1. The van der Waals surface area contributed by atoms with E-state index in [4.69, 9.17) is 27.4 Å². The van der Waals surface area contributed by atoms with Crippen molar-refractivity contribution in [3.8, 4) is 0 Å². The van der Waals surface area contributed by atoms with Gasteiger partial charge in [-0.2, -0.15) is 0 Å². The maximum Gasteiger partial charge on any atom is 0.326 e. The van der Waals surface area contributed by atoms with Crippen LogP contribution in [0.3, 0.4) is 0 Å². The Kier molecular flexibility index (Phi) is 10.4. The lowest BCUT2D eigenvalue weighted by Crippen LogP contribution is -2.56. The van der Waals surface area contributed by atoms with Gasteiger partial charge in [-0.15, -0.1) is 0 Å². The van der Waals surface area contributed by atoms with E-state index < -0.39 is 54.4 Å². The smallest absolute Gasteiger partial charge is 0.326 e. The summed E-state index contributed by atoms with van der Waals surface area (Å²) in [6.07, 6.45) is -1.77. The molecule has 0 bridgehead atoms. The van der Waals surface area contributed by atoms with Gasteiger partial charge >= 0.3 is 11.9 Å². The predicted molar refractivity (Wildman–Crippen MR) is 93.3 cm³/mol. The van der Waals surface area contributed by atoms with Gasteiger partial charge in [0.05, 0.1) is 12.5 Å². The number of aliphatic hydroxyl groups excluding tert-OH is 1. The number of nitrogens with one attached hydrogen (secondary N) is 2. The van der Waals surface area contributed by atoms with Gasteiger partial charge in [-0.3, -0.25) is 19.4 Å².